The summed E-state index contributed by atoms with van der Waals surface area (Å²) in [7, 11) is 8.30. The number of rotatable bonds is 0. The fourth-order valence-corrected chi connectivity index (χ4v) is 20.1. The van der Waals surface area contributed by atoms with Crippen molar-refractivity contribution in [1.82, 2.24) is 73.1 Å². The van der Waals surface area contributed by atoms with Crippen molar-refractivity contribution in [3.05, 3.63) is 251 Å². The van der Waals surface area contributed by atoms with E-state index in [1.54, 1.807) is 22.7 Å². The zero-order valence-corrected chi connectivity index (χ0v) is 90.5. The zero-order chi connectivity index (χ0) is 98.3. The van der Waals surface area contributed by atoms with Crippen LogP contribution < -0.4 is 0 Å². The van der Waals surface area contributed by atoms with E-state index in [1.165, 1.54) is 226 Å². The number of hydrogen-bond donors (Lipinski definition) is 0. The lowest BCUT2D eigenvalue weighted by Crippen LogP contribution is -2.01. The molecule has 18 rings (SSSR count). The number of fused-ring (bicyclic) bond motifs is 9. The van der Waals surface area contributed by atoms with Gasteiger partial charge < -0.3 is 27.1 Å². The van der Waals surface area contributed by atoms with Gasteiger partial charge in [-0.1, -0.05) is 0 Å². The molecule has 0 saturated carbocycles. The minimum atomic E-state index is 0.676. The molecule has 0 fully saturated rings. The molecule has 0 N–H and O–H groups in total. The molecule has 0 unspecified atom stereocenters. The van der Waals surface area contributed by atoms with Gasteiger partial charge in [0, 0.05) is 98.2 Å². The Morgan fingerprint density at radius 1 is 0.191 bits per heavy atom. The number of thiazole rings is 2. The maximum absolute atomic E-state index is 5.60. The normalized spacial score (nSPS) is 11.2. The van der Waals surface area contributed by atoms with Crippen molar-refractivity contribution in [2.24, 2.45) is 28.2 Å². The third kappa shape index (κ3) is 18.9. The van der Waals surface area contributed by atoms with Crippen LogP contribution in [0, 0.1) is 312 Å². The van der Waals surface area contributed by atoms with Crippen LogP contribution in [-0.4, -0.2) is 73.1 Å². The monoisotopic (exact) mass is 1800 g/mol. The van der Waals surface area contributed by atoms with Crippen molar-refractivity contribution in [3.8, 4) is 0 Å². The van der Waals surface area contributed by atoms with Crippen LogP contribution in [0.15, 0.2) is 8.83 Å². The molecule has 0 bridgehead atoms. The van der Waals surface area contributed by atoms with E-state index in [1.807, 2.05) is 87.9 Å². The second kappa shape index (κ2) is 39.3. The standard InChI is InChI=1S/C18H24.C15H21N.C13H18N2.C12H15NO.C12H15NS.2C11H15N3.C10H12N2O.C10H12N2S/c1-9-10(2)14(6)18-16(8)12(4)11(3)15(7)17(18)13(9)5;1-8-9(2)11(4)15-14(10(8)3)12(5)13(6)16(15)7;1-7-8(2)12-9(3)11(5)15(6)13(12)14-10(7)4;2*1-6-7(2)9(4)12-11(8(6)3)13-10(5)14-12;1-6-7(2)10-11(12-8(6)3)13-9(4)14(10)5;1-6-7(2)10-11(12-8(6)3)14(5)9(4)13-10;2*1-5-6(2)9-10(11-7(5)3)12-8(4)13-9/h1-8H3;1-7H3;1-6H3;4*1-5H3;2*1-4H3. The predicted molar refractivity (Wildman–Crippen MR) is 561 cm³/mol. The van der Waals surface area contributed by atoms with Crippen LogP contribution in [0.25, 0.3) is 97.9 Å². The molecule has 0 aliphatic rings. The number of oxazole rings is 2. The van der Waals surface area contributed by atoms with E-state index in [2.05, 4.69) is 325 Å². The van der Waals surface area contributed by atoms with Gasteiger partial charge in [0.15, 0.2) is 45.5 Å². The summed E-state index contributed by atoms with van der Waals surface area (Å²) in [5.74, 6) is 3.45. The second-order valence-corrected chi connectivity index (χ2v) is 39.7. The first-order valence-corrected chi connectivity index (χ1v) is 47.5. The molecular formula is C112H147N15O2S2. The molecule has 13 aromatic heterocycles. The molecule has 0 saturated heterocycles. The highest BCUT2D eigenvalue weighted by Crippen LogP contribution is 2.40. The largest absolute Gasteiger partial charge is 0.441 e. The van der Waals surface area contributed by atoms with E-state index in [9.17, 15) is 0 Å². The number of hydrogen-bond acceptors (Lipinski definition) is 15. The Balaban J connectivity index is 0.000000153. The molecule has 0 amide bonds. The lowest BCUT2D eigenvalue weighted by molar-refractivity contribution is 0.558. The van der Waals surface area contributed by atoms with Crippen LogP contribution in [0.1, 0.15) is 251 Å². The van der Waals surface area contributed by atoms with Crippen LogP contribution in [0.5, 0.6) is 0 Å². The van der Waals surface area contributed by atoms with E-state index in [4.69, 9.17) is 8.83 Å². The van der Waals surface area contributed by atoms with Crippen molar-refractivity contribution in [2.75, 3.05) is 0 Å². The van der Waals surface area contributed by atoms with E-state index < -0.39 is 0 Å². The summed E-state index contributed by atoms with van der Waals surface area (Å²) in [6, 6.07) is 0. The smallest absolute Gasteiger partial charge is 0.199 e. The van der Waals surface area contributed by atoms with Gasteiger partial charge in [-0.15, -0.1) is 22.7 Å². The highest BCUT2D eigenvalue weighted by molar-refractivity contribution is 7.19. The van der Waals surface area contributed by atoms with E-state index in [0.717, 1.165) is 118 Å². The third-order valence-electron chi connectivity index (χ3n) is 30.4. The summed E-state index contributed by atoms with van der Waals surface area (Å²) in [5.41, 5.74) is 63.8. The lowest BCUT2D eigenvalue weighted by atomic mass is 9.83. The van der Waals surface area contributed by atoms with Crippen molar-refractivity contribution in [3.63, 3.8) is 0 Å². The molecule has 694 valence electrons. The highest BCUT2D eigenvalue weighted by atomic mass is 32.1. The average molecular weight is 1800 g/mol. The number of aryl methyl sites for hydroxylation is 32. The fraction of sp³-hybridized carbons (Fsp3) is 0.438. The summed E-state index contributed by atoms with van der Waals surface area (Å²) in [5, 5.41) is 8.01. The van der Waals surface area contributed by atoms with Gasteiger partial charge in [0.2, 0.25) is 0 Å². The second-order valence-electron chi connectivity index (χ2n) is 37.3. The van der Waals surface area contributed by atoms with Crippen molar-refractivity contribution in [1.29, 1.82) is 0 Å². The topological polar surface area (TPSA) is 188 Å². The van der Waals surface area contributed by atoms with Crippen LogP contribution in [0.3, 0.4) is 0 Å². The van der Waals surface area contributed by atoms with Gasteiger partial charge in [-0.2, -0.15) is 4.98 Å². The van der Waals surface area contributed by atoms with Gasteiger partial charge in [0.05, 0.1) is 36.0 Å². The summed E-state index contributed by atoms with van der Waals surface area (Å²) in [4.78, 5) is 49.1. The minimum absolute atomic E-state index is 0.676. The Labute approximate surface area is 788 Å². The van der Waals surface area contributed by atoms with Crippen LogP contribution in [-0.2, 0) is 28.2 Å². The number of pyridine rings is 5. The molecule has 0 spiro atoms. The Kier molecular flexibility index (Phi) is 30.6. The number of benzene rings is 5. The van der Waals surface area contributed by atoms with Gasteiger partial charge in [0.25, 0.3) is 0 Å². The quantitative estimate of drug-likeness (QED) is 0.140. The Hall–Kier alpha value is -11.2. The van der Waals surface area contributed by atoms with Gasteiger partial charge >= 0.3 is 0 Å². The molecular weight excluding hydrogens is 1650 g/mol. The van der Waals surface area contributed by atoms with Gasteiger partial charge in [-0.25, -0.2) is 49.8 Å². The van der Waals surface area contributed by atoms with Gasteiger partial charge in [-0.3, -0.25) is 0 Å². The Morgan fingerprint density at radius 3 is 1.06 bits per heavy atom. The Bertz CT molecular complexity index is 7160. The lowest BCUT2D eigenvalue weighted by Gasteiger charge is -2.21. The summed E-state index contributed by atoms with van der Waals surface area (Å²) >= 11 is 3.53. The number of imidazole rings is 2. The predicted octanol–water partition coefficient (Wildman–Crippen LogP) is 29.4. The SMILES string of the molecule is Cc1c(C)c(C)c2c(C)c(C)c(C)c(C)c2c1C.Cc1c(C)c(C)c2c(c1C)c(C)c(C)n2C.Cc1nc2c(C)c(C)c(C)c(C)c2o1.Cc1nc2c(C)c(C)c(C)c(C)c2s1.Cc1nc2c(c(C)c1C)c(C)c(C)n2C.Cc1nc2c(nc(C)n2C)c(C)c1C.Cc1nc2nc(C)c(C)c(C)c2o1.Cc1nc2nc(C)c(C)c(C)c2s1.Cc1nc2nc(C)n(C)c2c(C)c1C. The summed E-state index contributed by atoms with van der Waals surface area (Å²) < 4.78 is 22.3. The van der Waals surface area contributed by atoms with Crippen molar-refractivity contribution < 1.29 is 8.83 Å². The first kappa shape index (κ1) is 102. The Morgan fingerprint density at radius 2 is 0.527 bits per heavy atom. The molecule has 13 heterocycles. The molecule has 131 heavy (non-hydrogen) atoms. The minimum Gasteiger partial charge on any atom is -0.441 e. The maximum atomic E-state index is 5.60. The maximum Gasteiger partial charge on any atom is 0.199 e. The summed E-state index contributed by atoms with van der Waals surface area (Å²) in [6.45, 7) is 96.2. The molecule has 0 aliphatic carbocycles. The van der Waals surface area contributed by atoms with Gasteiger partial charge in [-0.05, 0) is 481 Å². The van der Waals surface area contributed by atoms with Crippen LogP contribution in [0.4, 0.5) is 0 Å². The van der Waals surface area contributed by atoms with E-state index >= 15 is 0 Å². The van der Waals surface area contributed by atoms with Gasteiger partial charge in [0.1, 0.15) is 28.3 Å². The summed E-state index contributed by atoms with van der Waals surface area (Å²) in [6.07, 6.45) is 0. The molecule has 19 heteroatoms. The van der Waals surface area contributed by atoms with E-state index in [-0.39, 0.29) is 0 Å². The van der Waals surface area contributed by atoms with Crippen molar-refractivity contribution in [2.45, 2.75) is 312 Å². The molecule has 0 radical (unpaired) electrons. The molecule has 5 aromatic carbocycles. The zero-order valence-electron chi connectivity index (χ0n) is 88.8. The number of nitrogens with zero attached hydrogens (tertiary/aromatic N) is 15. The molecule has 17 nitrogen and oxygen atoms in total. The van der Waals surface area contributed by atoms with Crippen LogP contribution >= 0.6 is 22.7 Å². The molecule has 18 aromatic rings. The van der Waals surface area contributed by atoms with Crippen LogP contribution in [0.2, 0.25) is 0 Å². The average Bonchev–Trinajstić information content (AvgIpc) is 1.28. The third-order valence-corrected chi connectivity index (χ3v) is 32.6. The first-order chi connectivity index (χ1) is 60.9. The fourth-order valence-electron chi connectivity index (χ4n) is 18.2. The molecule has 0 atom stereocenters. The highest BCUT2D eigenvalue weighted by Gasteiger charge is 2.23. The first-order valence-electron chi connectivity index (χ1n) is 45.9. The van der Waals surface area contributed by atoms with Crippen molar-refractivity contribution >= 4 is 121 Å². The molecule has 0 aliphatic heterocycles. The van der Waals surface area contributed by atoms with E-state index in [0.29, 0.717) is 5.89 Å². The number of aromatic nitrogens is 15.